The number of rotatable bonds is 7. The minimum Gasteiger partial charge on any atom is -0.314 e. The quantitative estimate of drug-likeness (QED) is 0.508. The molecule has 0 aromatic heterocycles. The average Bonchev–Trinajstić information content (AvgIpc) is 3.61. The fourth-order valence-electron chi connectivity index (χ4n) is 4.59. The number of carbonyl (C=O) groups is 2. The summed E-state index contributed by atoms with van der Waals surface area (Å²) >= 11 is 1.39. The van der Waals surface area contributed by atoms with Crippen LogP contribution in [0.25, 0.3) is 0 Å². The summed E-state index contributed by atoms with van der Waals surface area (Å²) in [6.07, 6.45) is 4.86. The van der Waals surface area contributed by atoms with E-state index in [4.69, 9.17) is 0 Å². The first-order chi connectivity index (χ1) is 15.0. The van der Waals surface area contributed by atoms with E-state index in [-0.39, 0.29) is 65.1 Å². The molecule has 2 saturated heterocycles. The fourth-order valence-corrected chi connectivity index (χ4v) is 5.54. The van der Waals surface area contributed by atoms with E-state index in [2.05, 4.69) is 21.2 Å². The number of piperidine rings is 1. The molecule has 0 radical (unpaired) electrons. The minimum atomic E-state index is -0.542. The van der Waals surface area contributed by atoms with Gasteiger partial charge in [0.05, 0.1) is 6.04 Å². The molecular formula is C24H35Cl3FN3O2S. The maximum atomic E-state index is 14.7. The van der Waals surface area contributed by atoms with E-state index in [9.17, 15) is 14.0 Å². The highest BCUT2D eigenvalue weighted by Gasteiger charge is 2.41. The molecule has 34 heavy (non-hydrogen) atoms. The number of thioether (sulfide) groups is 1. The van der Waals surface area contributed by atoms with E-state index in [1.807, 2.05) is 6.07 Å². The topological polar surface area (TPSA) is 52.7 Å². The van der Waals surface area contributed by atoms with Crippen molar-refractivity contribution in [1.82, 2.24) is 15.1 Å². The lowest BCUT2D eigenvalue weighted by molar-refractivity contribution is -0.126. The van der Waals surface area contributed by atoms with Crippen LogP contribution in [0.2, 0.25) is 0 Å². The first-order valence-corrected chi connectivity index (χ1v) is 12.2. The molecule has 3 aliphatic rings. The van der Waals surface area contributed by atoms with Crippen LogP contribution in [0.3, 0.4) is 0 Å². The SMILES string of the molecule is CC(=O)SC1CCN(C(C(=O)C2CC2)c2ccccc2F)C/C1=C\CN1CCNCC1.Cl.Cl.Cl. The molecule has 10 heteroatoms. The number of piperazine rings is 1. The van der Waals surface area contributed by atoms with Crippen LogP contribution in [0, 0.1) is 11.7 Å². The Hall–Kier alpha value is -0.670. The van der Waals surface area contributed by atoms with Crippen molar-refractivity contribution in [3.05, 3.63) is 47.3 Å². The second-order valence-corrected chi connectivity index (χ2v) is 10.2. The number of Topliss-reactive ketones (excluding diaryl/α,β-unsaturated/α-hetero) is 1. The van der Waals surface area contributed by atoms with Crippen LogP contribution in [-0.4, -0.2) is 71.8 Å². The van der Waals surface area contributed by atoms with Crippen molar-refractivity contribution in [2.75, 3.05) is 45.8 Å². The molecule has 1 aromatic rings. The Labute approximate surface area is 224 Å². The van der Waals surface area contributed by atoms with Gasteiger partial charge in [0.25, 0.3) is 0 Å². The Morgan fingerprint density at radius 3 is 2.41 bits per heavy atom. The Morgan fingerprint density at radius 1 is 1.12 bits per heavy atom. The molecular weight excluding hydrogens is 520 g/mol. The molecule has 1 N–H and O–H groups in total. The first kappa shape index (κ1) is 31.4. The van der Waals surface area contributed by atoms with Crippen molar-refractivity contribution >= 4 is 59.9 Å². The van der Waals surface area contributed by atoms with Crippen molar-refractivity contribution in [3.63, 3.8) is 0 Å². The van der Waals surface area contributed by atoms with Crippen LogP contribution in [0.4, 0.5) is 4.39 Å². The summed E-state index contributed by atoms with van der Waals surface area (Å²) in [6, 6.07) is 6.14. The molecule has 0 amide bonds. The summed E-state index contributed by atoms with van der Waals surface area (Å²) in [4.78, 5) is 29.6. The van der Waals surface area contributed by atoms with E-state index >= 15 is 0 Å². The number of hydrogen-bond donors (Lipinski definition) is 1. The van der Waals surface area contributed by atoms with Crippen LogP contribution in [-0.2, 0) is 9.59 Å². The van der Waals surface area contributed by atoms with Crippen LogP contribution < -0.4 is 5.32 Å². The third-order valence-electron chi connectivity index (χ3n) is 6.42. The number of likely N-dealkylation sites (tertiary alicyclic amines) is 1. The lowest BCUT2D eigenvalue weighted by atomic mass is 9.93. The summed E-state index contributed by atoms with van der Waals surface area (Å²) in [6.45, 7) is 7.76. The Bertz CT molecular complexity index is 851. The van der Waals surface area contributed by atoms with Crippen molar-refractivity contribution in [2.45, 2.75) is 37.5 Å². The van der Waals surface area contributed by atoms with Crippen molar-refractivity contribution in [1.29, 1.82) is 0 Å². The Balaban J connectivity index is 0.00000193. The highest BCUT2D eigenvalue weighted by atomic mass is 35.5. The largest absolute Gasteiger partial charge is 0.314 e. The van der Waals surface area contributed by atoms with Gasteiger partial charge in [-0.05, 0) is 30.9 Å². The van der Waals surface area contributed by atoms with Gasteiger partial charge in [-0.2, -0.15) is 0 Å². The number of nitrogens with one attached hydrogen (secondary N) is 1. The van der Waals surface area contributed by atoms with Crippen molar-refractivity contribution < 1.29 is 14.0 Å². The van der Waals surface area contributed by atoms with E-state index in [0.717, 1.165) is 52.0 Å². The highest BCUT2D eigenvalue weighted by molar-refractivity contribution is 8.14. The maximum Gasteiger partial charge on any atom is 0.186 e. The zero-order valence-corrected chi connectivity index (χ0v) is 22.7. The smallest absolute Gasteiger partial charge is 0.186 e. The van der Waals surface area contributed by atoms with Gasteiger partial charge in [-0.15, -0.1) is 37.2 Å². The van der Waals surface area contributed by atoms with Crippen LogP contribution in [0.15, 0.2) is 35.9 Å². The zero-order valence-electron chi connectivity index (χ0n) is 19.4. The molecule has 4 rings (SSSR count). The van der Waals surface area contributed by atoms with Gasteiger partial charge in [0, 0.05) is 69.5 Å². The molecule has 2 atom stereocenters. The number of benzene rings is 1. The number of ketones is 1. The monoisotopic (exact) mass is 553 g/mol. The number of nitrogens with zero attached hydrogens (tertiary/aromatic N) is 2. The second kappa shape index (κ2) is 14.8. The van der Waals surface area contributed by atoms with Crippen molar-refractivity contribution in [2.24, 2.45) is 5.92 Å². The van der Waals surface area contributed by atoms with Gasteiger partial charge in [0.1, 0.15) is 5.82 Å². The molecule has 2 unspecified atom stereocenters. The minimum absolute atomic E-state index is 0. The molecule has 0 spiro atoms. The molecule has 1 saturated carbocycles. The van der Waals surface area contributed by atoms with Gasteiger partial charge >= 0.3 is 0 Å². The fraction of sp³-hybridized carbons (Fsp3) is 0.583. The van der Waals surface area contributed by atoms with Gasteiger partial charge in [0.2, 0.25) is 0 Å². The van der Waals surface area contributed by atoms with Gasteiger partial charge in [0.15, 0.2) is 10.9 Å². The van der Waals surface area contributed by atoms with Gasteiger partial charge < -0.3 is 5.32 Å². The first-order valence-electron chi connectivity index (χ1n) is 11.3. The summed E-state index contributed by atoms with van der Waals surface area (Å²) in [5, 5.41) is 3.62. The van der Waals surface area contributed by atoms with Gasteiger partial charge in [-0.25, -0.2) is 4.39 Å². The predicted octanol–water partition coefficient (Wildman–Crippen LogP) is 4.30. The standard InChI is InChI=1S/C24H32FN3O2S.3ClH/c1-17(29)31-22-9-13-28(16-19(22)8-12-27-14-10-26-11-15-27)23(24(30)18-6-7-18)20-4-2-3-5-21(20)25;;;/h2-5,8,18,22-23,26H,6-7,9-16H2,1H3;3*1H/b19-8+;;;. The maximum absolute atomic E-state index is 14.7. The third kappa shape index (κ3) is 8.19. The normalized spacial score (nSPS) is 23.2. The van der Waals surface area contributed by atoms with E-state index in [0.29, 0.717) is 18.7 Å². The van der Waals surface area contributed by atoms with Crippen LogP contribution in [0.5, 0.6) is 0 Å². The summed E-state index contributed by atoms with van der Waals surface area (Å²) in [5.41, 5.74) is 1.67. The highest BCUT2D eigenvalue weighted by Crippen LogP contribution is 2.40. The molecule has 192 valence electrons. The van der Waals surface area contributed by atoms with Crippen molar-refractivity contribution in [3.8, 4) is 0 Å². The molecule has 1 aromatic carbocycles. The van der Waals surface area contributed by atoms with Crippen LogP contribution in [0.1, 0.15) is 37.8 Å². The number of carbonyl (C=O) groups excluding carboxylic acids is 2. The molecule has 2 aliphatic heterocycles. The summed E-state index contributed by atoms with van der Waals surface area (Å²) in [5.74, 6) is -0.112. The molecule has 0 bridgehead atoms. The zero-order chi connectivity index (χ0) is 21.8. The third-order valence-corrected chi connectivity index (χ3v) is 7.58. The Kier molecular flexibility index (Phi) is 13.6. The number of halogens is 4. The summed E-state index contributed by atoms with van der Waals surface area (Å²) < 4.78 is 14.7. The van der Waals surface area contributed by atoms with E-state index < -0.39 is 6.04 Å². The second-order valence-electron chi connectivity index (χ2n) is 8.79. The molecule has 5 nitrogen and oxygen atoms in total. The number of hydrogen-bond acceptors (Lipinski definition) is 6. The lowest BCUT2D eigenvalue weighted by Crippen LogP contribution is -2.45. The molecule has 1 aliphatic carbocycles. The summed E-state index contributed by atoms with van der Waals surface area (Å²) in [7, 11) is 0. The van der Waals surface area contributed by atoms with Crippen LogP contribution >= 0.6 is 49.0 Å². The molecule has 3 fully saturated rings. The van der Waals surface area contributed by atoms with E-state index in [1.54, 1.807) is 19.1 Å². The van der Waals surface area contributed by atoms with Gasteiger partial charge in [-0.1, -0.05) is 36.0 Å². The van der Waals surface area contributed by atoms with Gasteiger partial charge in [-0.3, -0.25) is 19.4 Å². The van der Waals surface area contributed by atoms with E-state index in [1.165, 1.54) is 23.4 Å². The average molecular weight is 555 g/mol. The Morgan fingerprint density at radius 2 is 1.79 bits per heavy atom. The predicted molar refractivity (Wildman–Crippen MR) is 144 cm³/mol. The molecule has 2 heterocycles. The lowest BCUT2D eigenvalue weighted by Gasteiger charge is -2.39.